The van der Waals surface area contributed by atoms with Crippen LogP contribution in [0.2, 0.25) is 0 Å². The molecular formula is C22H21NO4. The number of esters is 1. The van der Waals surface area contributed by atoms with Crippen molar-refractivity contribution in [1.82, 2.24) is 5.32 Å². The van der Waals surface area contributed by atoms with Crippen LogP contribution in [0.25, 0.3) is 10.8 Å². The van der Waals surface area contributed by atoms with Gasteiger partial charge in [-0.1, -0.05) is 42.0 Å². The van der Waals surface area contributed by atoms with Gasteiger partial charge in [-0.15, -0.1) is 0 Å². The Morgan fingerprint density at radius 3 is 2.52 bits per heavy atom. The molecule has 0 fully saturated rings. The molecule has 0 atom stereocenters. The number of carbonyl (C=O) groups excluding carboxylic acids is 2. The second kappa shape index (κ2) is 8.36. The number of benzene rings is 3. The van der Waals surface area contributed by atoms with Gasteiger partial charge in [-0.3, -0.25) is 9.59 Å². The number of ether oxygens (including phenoxy) is 2. The van der Waals surface area contributed by atoms with Gasteiger partial charge in [0.15, 0.2) is 0 Å². The zero-order valence-corrected chi connectivity index (χ0v) is 15.3. The van der Waals surface area contributed by atoms with E-state index in [-0.39, 0.29) is 19.1 Å². The molecule has 138 valence electrons. The summed E-state index contributed by atoms with van der Waals surface area (Å²) in [5.41, 5.74) is 2.33. The van der Waals surface area contributed by atoms with E-state index in [0.717, 1.165) is 21.9 Å². The second-order valence-electron chi connectivity index (χ2n) is 6.22. The number of hydrogen-bond acceptors (Lipinski definition) is 4. The third kappa shape index (κ3) is 4.64. The molecule has 3 aromatic carbocycles. The first kappa shape index (κ1) is 18.5. The summed E-state index contributed by atoms with van der Waals surface area (Å²) in [5, 5.41) is 4.62. The van der Waals surface area contributed by atoms with Crippen LogP contribution in [0.1, 0.15) is 21.5 Å². The fourth-order valence-corrected chi connectivity index (χ4v) is 2.81. The van der Waals surface area contributed by atoms with Crippen molar-refractivity contribution in [3.05, 3.63) is 77.4 Å². The van der Waals surface area contributed by atoms with Gasteiger partial charge in [0.2, 0.25) is 0 Å². The van der Waals surface area contributed by atoms with Gasteiger partial charge in [0.25, 0.3) is 5.91 Å². The van der Waals surface area contributed by atoms with Gasteiger partial charge >= 0.3 is 5.97 Å². The first-order valence-corrected chi connectivity index (χ1v) is 8.63. The van der Waals surface area contributed by atoms with Gasteiger partial charge in [-0.05, 0) is 42.0 Å². The maximum absolute atomic E-state index is 12.3. The molecule has 0 aromatic heterocycles. The topological polar surface area (TPSA) is 64.6 Å². The van der Waals surface area contributed by atoms with E-state index in [1.807, 2.05) is 55.5 Å². The molecule has 0 heterocycles. The average molecular weight is 363 g/mol. The number of methoxy groups -OCH3 is 1. The summed E-state index contributed by atoms with van der Waals surface area (Å²) in [6, 6.07) is 18.9. The molecule has 0 radical (unpaired) electrons. The molecule has 0 aliphatic carbocycles. The van der Waals surface area contributed by atoms with Crippen molar-refractivity contribution in [2.75, 3.05) is 13.7 Å². The van der Waals surface area contributed by atoms with Crippen molar-refractivity contribution in [2.45, 2.75) is 13.5 Å². The van der Waals surface area contributed by atoms with Crippen LogP contribution in [0.3, 0.4) is 0 Å². The van der Waals surface area contributed by atoms with Crippen molar-refractivity contribution in [3.63, 3.8) is 0 Å². The summed E-state index contributed by atoms with van der Waals surface area (Å²) in [5.74, 6) is -0.160. The van der Waals surface area contributed by atoms with Crippen LogP contribution in [-0.4, -0.2) is 25.5 Å². The highest BCUT2D eigenvalue weighted by Crippen LogP contribution is 2.20. The molecule has 3 rings (SSSR count). The van der Waals surface area contributed by atoms with Gasteiger partial charge in [0.05, 0.1) is 7.11 Å². The summed E-state index contributed by atoms with van der Waals surface area (Å²) in [6.07, 6.45) is 0. The van der Waals surface area contributed by atoms with Crippen molar-refractivity contribution in [3.8, 4) is 5.75 Å². The number of carbonyl (C=O) groups is 2. The predicted molar refractivity (Wildman–Crippen MR) is 104 cm³/mol. The van der Waals surface area contributed by atoms with Crippen LogP contribution < -0.4 is 10.1 Å². The number of amides is 1. The molecule has 0 bridgehead atoms. The normalized spacial score (nSPS) is 10.4. The minimum atomic E-state index is -0.507. The molecule has 0 spiro atoms. The van der Waals surface area contributed by atoms with Gasteiger partial charge in [-0.2, -0.15) is 0 Å². The molecule has 5 nitrogen and oxygen atoms in total. The largest absolute Gasteiger partial charge is 0.496 e. The predicted octanol–water partition coefficient (Wildman–Crippen LogP) is 3.63. The molecular weight excluding hydrogens is 342 g/mol. The van der Waals surface area contributed by atoms with Crippen LogP contribution in [0.15, 0.2) is 60.7 Å². The fraction of sp³-hybridized carbons (Fsp3) is 0.182. The summed E-state index contributed by atoms with van der Waals surface area (Å²) in [4.78, 5) is 24.2. The highest BCUT2D eigenvalue weighted by Gasteiger charge is 2.11. The van der Waals surface area contributed by atoms with Crippen molar-refractivity contribution >= 4 is 22.6 Å². The monoisotopic (exact) mass is 363 g/mol. The Morgan fingerprint density at radius 1 is 0.963 bits per heavy atom. The Hall–Kier alpha value is -3.34. The van der Waals surface area contributed by atoms with E-state index in [4.69, 9.17) is 9.47 Å². The third-order valence-electron chi connectivity index (χ3n) is 4.23. The fourth-order valence-electron chi connectivity index (χ4n) is 2.81. The van der Waals surface area contributed by atoms with Gasteiger partial charge in [-0.25, -0.2) is 0 Å². The molecule has 0 aliphatic heterocycles. The highest BCUT2D eigenvalue weighted by atomic mass is 16.5. The van der Waals surface area contributed by atoms with Crippen molar-refractivity contribution in [2.24, 2.45) is 0 Å². The van der Waals surface area contributed by atoms with Crippen LogP contribution in [-0.2, 0) is 16.1 Å². The van der Waals surface area contributed by atoms with Crippen molar-refractivity contribution < 1.29 is 19.1 Å². The smallest absolute Gasteiger partial charge is 0.325 e. The van der Waals surface area contributed by atoms with Crippen LogP contribution >= 0.6 is 0 Å². The number of nitrogens with one attached hydrogen (secondary N) is 1. The van der Waals surface area contributed by atoms with Crippen LogP contribution in [0.4, 0.5) is 0 Å². The molecule has 5 heteroatoms. The van der Waals surface area contributed by atoms with Crippen LogP contribution in [0.5, 0.6) is 5.75 Å². The molecule has 0 unspecified atom stereocenters. The van der Waals surface area contributed by atoms with Gasteiger partial charge < -0.3 is 14.8 Å². The molecule has 0 aliphatic rings. The average Bonchev–Trinajstić information content (AvgIpc) is 2.70. The molecule has 0 saturated carbocycles. The summed E-state index contributed by atoms with van der Waals surface area (Å²) in [7, 11) is 1.57. The summed E-state index contributed by atoms with van der Waals surface area (Å²) in [6.45, 7) is 1.85. The lowest BCUT2D eigenvalue weighted by molar-refractivity contribution is -0.143. The molecule has 0 saturated heterocycles. The molecule has 1 amide bonds. The zero-order valence-electron chi connectivity index (χ0n) is 15.3. The Morgan fingerprint density at radius 2 is 1.74 bits per heavy atom. The van der Waals surface area contributed by atoms with E-state index in [2.05, 4.69) is 5.32 Å². The number of fused-ring (bicyclic) bond motifs is 1. The number of aryl methyl sites for hydroxylation is 1. The first-order chi connectivity index (χ1) is 13.1. The van der Waals surface area contributed by atoms with E-state index < -0.39 is 5.97 Å². The highest BCUT2D eigenvalue weighted by molar-refractivity contribution is 5.99. The molecule has 3 aromatic rings. The maximum atomic E-state index is 12.3. The quantitative estimate of drug-likeness (QED) is 0.679. The van der Waals surface area contributed by atoms with E-state index >= 15 is 0 Å². The van der Waals surface area contributed by atoms with Crippen molar-refractivity contribution in [1.29, 1.82) is 0 Å². The molecule has 27 heavy (non-hydrogen) atoms. The van der Waals surface area contributed by atoms with E-state index in [0.29, 0.717) is 11.3 Å². The second-order valence-corrected chi connectivity index (χ2v) is 6.22. The van der Waals surface area contributed by atoms with E-state index in [1.54, 1.807) is 19.2 Å². The molecule has 1 N–H and O–H groups in total. The lowest BCUT2D eigenvalue weighted by atomic mass is 10.1. The minimum Gasteiger partial charge on any atom is -0.496 e. The lowest BCUT2D eigenvalue weighted by Gasteiger charge is -2.11. The Balaban J connectivity index is 1.55. The van der Waals surface area contributed by atoms with E-state index in [9.17, 15) is 9.59 Å². The Bertz CT molecular complexity index is 981. The third-order valence-corrected chi connectivity index (χ3v) is 4.23. The lowest BCUT2D eigenvalue weighted by Crippen LogP contribution is -2.30. The van der Waals surface area contributed by atoms with Gasteiger partial charge in [0, 0.05) is 11.1 Å². The maximum Gasteiger partial charge on any atom is 0.325 e. The zero-order chi connectivity index (χ0) is 19.2. The standard InChI is InChI=1S/C22H21NO4/c1-15-7-10-20(26-2)19(11-15)14-27-21(24)13-23-22(25)18-9-8-16-5-3-4-6-17(16)12-18/h3-12H,13-14H2,1-2H3,(H,23,25). The van der Waals surface area contributed by atoms with Gasteiger partial charge in [0.1, 0.15) is 18.9 Å². The number of hydrogen-bond donors (Lipinski definition) is 1. The minimum absolute atomic E-state index is 0.0928. The Labute approximate surface area is 157 Å². The SMILES string of the molecule is COc1ccc(C)cc1COC(=O)CNC(=O)c1ccc2ccccc2c1. The Kier molecular flexibility index (Phi) is 5.71. The number of rotatable bonds is 6. The first-order valence-electron chi connectivity index (χ1n) is 8.63. The van der Waals surface area contributed by atoms with E-state index in [1.165, 1.54) is 0 Å². The summed E-state index contributed by atoms with van der Waals surface area (Å²) >= 11 is 0. The summed E-state index contributed by atoms with van der Waals surface area (Å²) < 4.78 is 10.5. The van der Waals surface area contributed by atoms with Crippen LogP contribution in [0, 0.1) is 6.92 Å².